The number of rotatable bonds is 7. The Morgan fingerprint density at radius 3 is 2.29 bits per heavy atom. The van der Waals surface area contributed by atoms with E-state index in [1.165, 1.54) is 12.1 Å². The van der Waals surface area contributed by atoms with Gasteiger partial charge >= 0.3 is 0 Å². The zero-order valence-corrected chi connectivity index (χ0v) is 17.5. The first-order valence-corrected chi connectivity index (χ1v) is 9.88. The number of hydrogen-bond donors (Lipinski definition) is 1. The number of aryl methyl sites for hydroxylation is 2. The van der Waals surface area contributed by atoms with Gasteiger partial charge in [-0.3, -0.25) is 4.79 Å². The van der Waals surface area contributed by atoms with Gasteiger partial charge in [0.2, 0.25) is 0 Å². The molecule has 0 aliphatic rings. The van der Waals surface area contributed by atoms with Gasteiger partial charge in [-0.1, -0.05) is 42.5 Å². The lowest BCUT2D eigenvalue weighted by atomic mass is 10.0. The summed E-state index contributed by atoms with van der Waals surface area (Å²) in [6.07, 6.45) is 1.57. The molecule has 1 N–H and O–H groups in total. The zero-order valence-electron chi connectivity index (χ0n) is 17.5. The molecule has 3 rings (SSSR count). The first-order chi connectivity index (χ1) is 15.0. The van der Waals surface area contributed by atoms with E-state index in [9.17, 15) is 14.4 Å². The highest BCUT2D eigenvalue weighted by molar-refractivity contribution is 6.01. The predicted octanol–water partition coefficient (Wildman–Crippen LogP) is 5.24. The van der Waals surface area contributed by atoms with E-state index in [1.807, 2.05) is 62.4 Å². The van der Waals surface area contributed by atoms with E-state index in [0.29, 0.717) is 13.2 Å². The fourth-order valence-corrected chi connectivity index (χ4v) is 3.22. The molecule has 0 heterocycles. The minimum Gasteiger partial charge on any atom is -0.488 e. The zero-order chi connectivity index (χ0) is 22.2. The number of amides is 1. The highest BCUT2D eigenvalue weighted by Crippen LogP contribution is 2.27. The second-order valence-corrected chi connectivity index (χ2v) is 7.24. The monoisotopic (exact) mass is 414 g/mol. The molecule has 1 amide bonds. The molecule has 0 radical (unpaired) electrons. The van der Waals surface area contributed by atoms with Gasteiger partial charge in [-0.25, -0.2) is 4.39 Å². The standard InChI is InChI=1S/C26H23FN2O2/c1-18-12-22(13-19(2)25(18)31-17-21-8-10-24(27)11-9-21)14-23(15-28)26(30)29-16-20-6-4-3-5-7-20/h3-14H,16-17H2,1-2H3,(H,29,30)/b23-14+. The van der Waals surface area contributed by atoms with Crippen LogP contribution in [0.25, 0.3) is 6.08 Å². The van der Waals surface area contributed by atoms with Gasteiger partial charge in [-0.2, -0.15) is 5.26 Å². The van der Waals surface area contributed by atoms with Crippen molar-refractivity contribution in [2.24, 2.45) is 0 Å². The molecule has 0 aliphatic carbocycles. The molecule has 5 heteroatoms. The van der Waals surface area contributed by atoms with Crippen LogP contribution in [0.2, 0.25) is 0 Å². The summed E-state index contributed by atoms with van der Waals surface area (Å²) in [6.45, 7) is 4.49. The van der Waals surface area contributed by atoms with Crippen molar-refractivity contribution >= 4 is 12.0 Å². The molecule has 31 heavy (non-hydrogen) atoms. The summed E-state index contributed by atoms with van der Waals surface area (Å²) in [7, 11) is 0. The van der Waals surface area contributed by atoms with Crippen molar-refractivity contribution < 1.29 is 13.9 Å². The maximum atomic E-state index is 13.0. The van der Waals surface area contributed by atoms with E-state index in [-0.39, 0.29) is 11.4 Å². The van der Waals surface area contributed by atoms with Crippen molar-refractivity contribution in [1.29, 1.82) is 5.26 Å². The summed E-state index contributed by atoms with van der Waals surface area (Å²) in [5, 5.41) is 12.2. The highest BCUT2D eigenvalue weighted by atomic mass is 19.1. The molecule has 156 valence electrons. The van der Waals surface area contributed by atoms with Crippen LogP contribution in [-0.2, 0) is 17.9 Å². The lowest BCUT2D eigenvalue weighted by Crippen LogP contribution is -2.23. The van der Waals surface area contributed by atoms with Crippen LogP contribution in [0.15, 0.2) is 72.3 Å². The van der Waals surface area contributed by atoms with Gasteiger partial charge < -0.3 is 10.1 Å². The largest absolute Gasteiger partial charge is 0.488 e. The van der Waals surface area contributed by atoms with E-state index in [1.54, 1.807) is 18.2 Å². The Hall–Kier alpha value is -3.91. The van der Waals surface area contributed by atoms with Crippen LogP contribution in [-0.4, -0.2) is 5.91 Å². The van der Waals surface area contributed by atoms with Crippen LogP contribution >= 0.6 is 0 Å². The fourth-order valence-electron chi connectivity index (χ4n) is 3.22. The quantitative estimate of drug-likeness (QED) is 0.425. The van der Waals surface area contributed by atoms with Crippen molar-refractivity contribution in [3.05, 3.63) is 106 Å². The summed E-state index contributed by atoms with van der Waals surface area (Å²) < 4.78 is 19.0. The molecule has 3 aromatic rings. The maximum Gasteiger partial charge on any atom is 0.262 e. The summed E-state index contributed by atoms with van der Waals surface area (Å²) >= 11 is 0. The number of halogens is 1. The Labute approximate surface area is 181 Å². The Morgan fingerprint density at radius 1 is 1.03 bits per heavy atom. The van der Waals surface area contributed by atoms with Crippen LogP contribution in [0.1, 0.15) is 27.8 Å². The van der Waals surface area contributed by atoms with Crippen LogP contribution in [0.5, 0.6) is 5.75 Å². The Bertz CT molecular complexity index is 1110. The molecule has 0 fully saturated rings. The van der Waals surface area contributed by atoms with E-state index in [4.69, 9.17) is 4.74 Å². The van der Waals surface area contributed by atoms with Crippen molar-refractivity contribution in [2.45, 2.75) is 27.0 Å². The summed E-state index contributed by atoms with van der Waals surface area (Å²) in [5.41, 5.74) is 4.38. The van der Waals surface area contributed by atoms with E-state index in [0.717, 1.165) is 33.6 Å². The molecule has 0 aromatic heterocycles. The molecule has 0 saturated carbocycles. The van der Waals surface area contributed by atoms with E-state index < -0.39 is 5.91 Å². The average Bonchev–Trinajstić information content (AvgIpc) is 2.77. The smallest absolute Gasteiger partial charge is 0.262 e. The van der Waals surface area contributed by atoms with Crippen LogP contribution < -0.4 is 10.1 Å². The maximum absolute atomic E-state index is 13.0. The molecule has 3 aromatic carbocycles. The Balaban J connectivity index is 1.71. The topological polar surface area (TPSA) is 62.1 Å². The number of nitrogens with one attached hydrogen (secondary N) is 1. The number of carbonyl (C=O) groups is 1. The van der Waals surface area contributed by atoms with Gasteiger partial charge in [0.25, 0.3) is 5.91 Å². The van der Waals surface area contributed by atoms with Crippen molar-refractivity contribution in [3.63, 3.8) is 0 Å². The van der Waals surface area contributed by atoms with Crippen molar-refractivity contribution in [3.8, 4) is 11.8 Å². The lowest BCUT2D eigenvalue weighted by Gasteiger charge is -2.13. The molecular weight excluding hydrogens is 391 g/mol. The SMILES string of the molecule is Cc1cc(/C=C(\C#N)C(=O)NCc2ccccc2)cc(C)c1OCc1ccc(F)cc1. The molecule has 0 aliphatic heterocycles. The lowest BCUT2D eigenvalue weighted by molar-refractivity contribution is -0.117. The predicted molar refractivity (Wildman–Crippen MR) is 119 cm³/mol. The fraction of sp³-hybridized carbons (Fsp3) is 0.154. The third kappa shape index (κ3) is 6.03. The van der Waals surface area contributed by atoms with Crippen LogP contribution in [0.3, 0.4) is 0 Å². The van der Waals surface area contributed by atoms with Gasteiger partial charge in [-0.05, 0) is 72.0 Å². The van der Waals surface area contributed by atoms with Crippen LogP contribution in [0, 0.1) is 31.0 Å². The van der Waals surface area contributed by atoms with Gasteiger partial charge in [0, 0.05) is 6.54 Å². The first kappa shape index (κ1) is 21.8. The third-order valence-electron chi connectivity index (χ3n) is 4.75. The second kappa shape index (κ2) is 10.2. The summed E-state index contributed by atoms with van der Waals surface area (Å²) in [6, 6.07) is 21.4. The van der Waals surface area contributed by atoms with Crippen LogP contribution in [0.4, 0.5) is 4.39 Å². The number of nitrogens with zero attached hydrogens (tertiary/aromatic N) is 1. The minimum atomic E-state index is -0.418. The third-order valence-corrected chi connectivity index (χ3v) is 4.75. The van der Waals surface area contributed by atoms with E-state index in [2.05, 4.69) is 5.32 Å². The Kier molecular flexibility index (Phi) is 7.18. The summed E-state index contributed by atoms with van der Waals surface area (Å²) in [4.78, 5) is 12.4. The minimum absolute atomic E-state index is 0.0368. The van der Waals surface area contributed by atoms with Gasteiger partial charge in [0.15, 0.2) is 0 Å². The second-order valence-electron chi connectivity index (χ2n) is 7.24. The number of ether oxygens (including phenoxy) is 1. The van der Waals surface area contributed by atoms with Gasteiger partial charge in [-0.15, -0.1) is 0 Å². The molecule has 0 spiro atoms. The normalized spacial score (nSPS) is 11.0. The molecule has 0 bridgehead atoms. The van der Waals surface area contributed by atoms with Crippen molar-refractivity contribution in [1.82, 2.24) is 5.32 Å². The molecular formula is C26H23FN2O2. The van der Waals surface area contributed by atoms with Crippen molar-refractivity contribution in [2.75, 3.05) is 0 Å². The molecule has 4 nitrogen and oxygen atoms in total. The van der Waals surface area contributed by atoms with E-state index >= 15 is 0 Å². The number of nitriles is 1. The summed E-state index contributed by atoms with van der Waals surface area (Å²) in [5.74, 6) is 0.0279. The number of benzene rings is 3. The van der Waals surface area contributed by atoms with Gasteiger partial charge in [0.1, 0.15) is 29.8 Å². The number of hydrogen-bond acceptors (Lipinski definition) is 3. The molecule has 0 unspecified atom stereocenters. The highest BCUT2D eigenvalue weighted by Gasteiger charge is 2.11. The molecule has 0 saturated heterocycles. The Morgan fingerprint density at radius 2 is 1.68 bits per heavy atom. The van der Waals surface area contributed by atoms with Gasteiger partial charge in [0.05, 0.1) is 0 Å². The first-order valence-electron chi connectivity index (χ1n) is 9.88. The molecule has 0 atom stereocenters. The average molecular weight is 414 g/mol. The number of carbonyl (C=O) groups excluding carboxylic acids is 1.